The fourth-order valence-corrected chi connectivity index (χ4v) is 1.99. The first-order chi connectivity index (χ1) is 7.18. The Bertz CT molecular complexity index is 392. The lowest BCUT2D eigenvalue weighted by atomic mass is 9.96. The van der Waals surface area contributed by atoms with Gasteiger partial charge in [0.15, 0.2) is 0 Å². The maximum absolute atomic E-state index is 13.5. The SMILES string of the molecule is O=C(O)CCC1CNc2cccc(F)c21. The highest BCUT2D eigenvalue weighted by Gasteiger charge is 2.25. The van der Waals surface area contributed by atoms with Gasteiger partial charge in [-0.05, 0) is 18.6 Å². The first kappa shape index (κ1) is 9.96. The Morgan fingerprint density at radius 2 is 2.40 bits per heavy atom. The van der Waals surface area contributed by atoms with E-state index in [1.165, 1.54) is 6.07 Å². The Kier molecular flexibility index (Phi) is 2.58. The second kappa shape index (κ2) is 3.88. The molecule has 2 rings (SSSR count). The zero-order valence-corrected chi connectivity index (χ0v) is 8.16. The van der Waals surface area contributed by atoms with Crippen LogP contribution in [-0.2, 0) is 4.79 Å². The summed E-state index contributed by atoms with van der Waals surface area (Å²) in [5, 5.41) is 11.7. The number of halogens is 1. The first-order valence-corrected chi connectivity index (χ1v) is 4.92. The van der Waals surface area contributed by atoms with Gasteiger partial charge in [0, 0.05) is 30.1 Å². The Morgan fingerprint density at radius 1 is 1.60 bits per heavy atom. The van der Waals surface area contributed by atoms with Crippen molar-refractivity contribution in [2.45, 2.75) is 18.8 Å². The van der Waals surface area contributed by atoms with Crippen molar-refractivity contribution in [3.63, 3.8) is 0 Å². The summed E-state index contributed by atoms with van der Waals surface area (Å²) in [6.45, 7) is 0.629. The van der Waals surface area contributed by atoms with E-state index in [0.717, 1.165) is 5.69 Å². The third-order valence-corrected chi connectivity index (χ3v) is 2.71. The van der Waals surface area contributed by atoms with Gasteiger partial charge in [0.25, 0.3) is 0 Å². The van der Waals surface area contributed by atoms with Gasteiger partial charge >= 0.3 is 5.97 Å². The summed E-state index contributed by atoms with van der Waals surface area (Å²) >= 11 is 0. The van der Waals surface area contributed by atoms with Crippen LogP contribution in [0.15, 0.2) is 18.2 Å². The quantitative estimate of drug-likeness (QED) is 0.802. The van der Waals surface area contributed by atoms with Gasteiger partial charge in [-0.3, -0.25) is 4.79 Å². The second-order valence-electron chi connectivity index (χ2n) is 3.71. The maximum Gasteiger partial charge on any atom is 0.303 e. The Morgan fingerprint density at radius 3 is 3.13 bits per heavy atom. The first-order valence-electron chi connectivity index (χ1n) is 4.92. The molecule has 2 N–H and O–H groups in total. The fourth-order valence-electron chi connectivity index (χ4n) is 1.99. The van der Waals surface area contributed by atoms with Crippen molar-refractivity contribution >= 4 is 11.7 Å². The van der Waals surface area contributed by atoms with E-state index in [9.17, 15) is 9.18 Å². The predicted octanol–water partition coefficient (Wildman–Crippen LogP) is 2.20. The van der Waals surface area contributed by atoms with Crippen molar-refractivity contribution in [3.05, 3.63) is 29.6 Å². The van der Waals surface area contributed by atoms with Gasteiger partial charge in [0.05, 0.1) is 0 Å². The van der Waals surface area contributed by atoms with Crippen molar-refractivity contribution in [1.82, 2.24) is 0 Å². The lowest BCUT2D eigenvalue weighted by Crippen LogP contribution is -2.06. The van der Waals surface area contributed by atoms with Gasteiger partial charge in [0.2, 0.25) is 0 Å². The molecule has 0 aliphatic carbocycles. The third kappa shape index (κ3) is 1.93. The molecule has 1 aromatic carbocycles. The molecule has 1 aromatic rings. The van der Waals surface area contributed by atoms with Crippen molar-refractivity contribution in [2.75, 3.05) is 11.9 Å². The average Bonchev–Trinajstić information content (AvgIpc) is 2.59. The van der Waals surface area contributed by atoms with Gasteiger partial charge in [0.1, 0.15) is 5.82 Å². The van der Waals surface area contributed by atoms with Crippen LogP contribution in [0.25, 0.3) is 0 Å². The minimum atomic E-state index is -0.834. The summed E-state index contributed by atoms with van der Waals surface area (Å²) in [7, 11) is 0. The van der Waals surface area contributed by atoms with Gasteiger partial charge < -0.3 is 10.4 Å². The number of carbonyl (C=O) groups is 1. The molecular formula is C11H12FNO2. The number of fused-ring (bicyclic) bond motifs is 1. The standard InChI is InChI=1S/C11H12FNO2/c12-8-2-1-3-9-11(8)7(6-13-9)4-5-10(14)15/h1-3,7,13H,4-6H2,(H,14,15). The molecule has 0 aromatic heterocycles. The number of nitrogens with one attached hydrogen (secondary N) is 1. The molecule has 0 bridgehead atoms. The number of hydrogen-bond donors (Lipinski definition) is 2. The predicted molar refractivity (Wildman–Crippen MR) is 54.5 cm³/mol. The highest BCUT2D eigenvalue weighted by atomic mass is 19.1. The molecule has 0 fully saturated rings. The van der Waals surface area contributed by atoms with Gasteiger partial charge in [-0.15, -0.1) is 0 Å². The normalized spacial score (nSPS) is 18.3. The number of rotatable bonds is 3. The lowest BCUT2D eigenvalue weighted by Gasteiger charge is -2.08. The van der Waals surface area contributed by atoms with E-state index in [0.29, 0.717) is 18.5 Å². The van der Waals surface area contributed by atoms with Crippen LogP contribution in [0, 0.1) is 5.82 Å². The molecule has 1 heterocycles. The van der Waals surface area contributed by atoms with E-state index >= 15 is 0 Å². The van der Waals surface area contributed by atoms with Crippen LogP contribution in [-0.4, -0.2) is 17.6 Å². The van der Waals surface area contributed by atoms with Gasteiger partial charge in [-0.1, -0.05) is 6.07 Å². The lowest BCUT2D eigenvalue weighted by molar-refractivity contribution is -0.137. The van der Waals surface area contributed by atoms with Crippen LogP contribution in [0.2, 0.25) is 0 Å². The van der Waals surface area contributed by atoms with E-state index in [2.05, 4.69) is 5.32 Å². The molecule has 0 saturated carbocycles. The molecule has 0 saturated heterocycles. The van der Waals surface area contributed by atoms with Crippen LogP contribution in [0.4, 0.5) is 10.1 Å². The Balaban J connectivity index is 2.17. The number of carboxylic acids is 1. The molecule has 1 aliphatic rings. The molecular weight excluding hydrogens is 197 g/mol. The molecule has 0 spiro atoms. The summed E-state index contributed by atoms with van der Waals surface area (Å²) in [5.74, 6) is -1.09. The topological polar surface area (TPSA) is 49.3 Å². The Labute approximate surface area is 86.9 Å². The number of carboxylic acid groups (broad SMARTS) is 1. The zero-order valence-electron chi connectivity index (χ0n) is 8.16. The smallest absolute Gasteiger partial charge is 0.303 e. The van der Waals surface area contributed by atoms with Crippen molar-refractivity contribution in [1.29, 1.82) is 0 Å². The van der Waals surface area contributed by atoms with Gasteiger partial charge in [-0.2, -0.15) is 0 Å². The fraction of sp³-hybridized carbons (Fsp3) is 0.364. The molecule has 4 heteroatoms. The van der Waals surface area contributed by atoms with Crippen LogP contribution in [0.1, 0.15) is 24.3 Å². The average molecular weight is 209 g/mol. The maximum atomic E-state index is 13.5. The van der Waals surface area contributed by atoms with Crippen LogP contribution in [0.5, 0.6) is 0 Å². The summed E-state index contributed by atoms with van der Waals surface area (Å²) in [6, 6.07) is 4.89. The van der Waals surface area contributed by atoms with Crippen molar-refractivity contribution in [2.24, 2.45) is 0 Å². The molecule has 0 radical (unpaired) electrons. The zero-order chi connectivity index (χ0) is 10.8. The van der Waals surface area contributed by atoms with Gasteiger partial charge in [-0.25, -0.2) is 4.39 Å². The summed E-state index contributed by atoms with van der Waals surface area (Å²) in [5.41, 5.74) is 1.43. The molecule has 80 valence electrons. The molecule has 1 atom stereocenters. The molecule has 0 amide bonds. The van der Waals surface area contributed by atoms with E-state index in [4.69, 9.17) is 5.11 Å². The van der Waals surface area contributed by atoms with E-state index in [-0.39, 0.29) is 18.2 Å². The largest absolute Gasteiger partial charge is 0.481 e. The monoisotopic (exact) mass is 209 g/mol. The molecule has 3 nitrogen and oxygen atoms in total. The molecule has 15 heavy (non-hydrogen) atoms. The van der Waals surface area contributed by atoms with E-state index < -0.39 is 5.97 Å². The number of benzene rings is 1. The number of anilines is 1. The number of aliphatic carboxylic acids is 1. The highest BCUT2D eigenvalue weighted by molar-refractivity contribution is 5.67. The van der Waals surface area contributed by atoms with E-state index in [1.807, 2.05) is 6.07 Å². The van der Waals surface area contributed by atoms with Crippen LogP contribution < -0.4 is 5.32 Å². The van der Waals surface area contributed by atoms with Crippen molar-refractivity contribution < 1.29 is 14.3 Å². The highest BCUT2D eigenvalue weighted by Crippen LogP contribution is 2.35. The van der Waals surface area contributed by atoms with Crippen molar-refractivity contribution in [3.8, 4) is 0 Å². The number of hydrogen-bond acceptors (Lipinski definition) is 2. The van der Waals surface area contributed by atoms with Crippen LogP contribution in [0.3, 0.4) is 0 Å². The summed E-state index contributed by atoms with van der Waals surface area (Å²) in [6.07, 6.45) is 0.566. The van der Waals surface area contributed by atoms with Crippen LogP contribution >= 0.6 is 0 Å². The molecule has 1 unspecified atom stereocenters. The minimum Gasteiger partial charge on any atom is -0.481 e. The summed E-state index contributed by atoms with van der Waals surface area (Å²) in [4.78, 5) is 10.4. The molecule has 1 aliphatic heterocycles. The Hall–Kier alpha value is -1.58. The van der Waals surface area contributed by atoms with E-state index in [1.54, 1.807) is 6.07 Å². The summed E-state index contributed by atoms with van der Waals surface area (Å²) < 4.78 is 13.5. The minimum absolute atomic E-state index is 0.0164. The third-order valence-electron chi connectivity index (χ3n) is 2.71. The second-order valence-corrected chi connectivity index (χ2v) is 3.71.